The smallest absolute Gasteiger partial charge is 0.328 e. The number of unbranched alkanes of at least 4 members (excludes halogenated alkanes) is 1. The van der Waals surface area contributed by atoms with Crippen molar-refractivity contribution in [2.45, 2.75) is 26.3 Å². The monoisotopic (exact) mass is 422 g/mol. The molecule has 1 N–H and O–H groups in total. The first-order valence-electron chi connectivity index (χ1n) is 9.88. The number of hydrogen-bond donors (Lipinski definition) is 1. The van der Waals surface area contributed by atoms with Crippen molar-refractivity contribution in [3.8, 4) is 34.3 Å². The van der Waals surface area contributed by atoms with Gasteiger partial charge in [-0.3, -0.25) is 9.36 Å². The molecule has 160 valence electrons. The lowest BCUT2D eigenvalue weighted by atomic mass is 10.1. The Balaban J connectivity index is 1.73. The van der Waals surface area contributed by atoms with E-state index in [-0.39, 0.29) is 11.4 Å². The van der Waals surface area contributed by atoms with Crippen LogP contribution in [0.1, 0.15) is 19.8 Å². The number of aromatic nitrogens is 4. The molecule has 0 aliphatic carbocycles. The Bertz CT molecular complexity index is 1330. The quantitative estimate of drug-likeness (QED) is 0.486. The van der Waals surface area contributed by atoms with Crippen molar-refractivity contribution in [2.24, 2.45) is 0 Å². The van der Waals surface area contributed by atoms with Gasteiger partial charge in [-0.15, -0.1) is 0 Å². The van der Waals surface area contributed by atoms with Gasteiger partial charge in [-0.1, -0.05) is 18.5 Å². The molecule has 0 saturated heterocycles. The van der Waals surface area contributed by atoms with Crippen LogP contribution in [-0.2, 0) is 6.54 Å². The van der Waals surface area contributed by atoms with E-state index < -0.39 is 5.69 Å². The minimum Gasteiger partial charge on any atom is -0.497 e. The van der Waals surface area contributed by atoms with Crippen molar-refractivity contribution in [1.82, 2.24) is 19.7 Å². The minimum atomic E-state index is -0.433. The molecule has 0 radical (unpaired) electrons. The van der Waals surface area contributed by atoms with Crippen LogP contribution in [0.5, 0.6) is 11.5 Å². The number of nitrogens with zero attached hydrogens (tertiary/aromatic N) is 3. The van der Waals surface area contributed by atoms with E-state index >= 15 is 0 Å². The Kier molecular flexibility index (Phi) is 5.57. The number of methoxy groups -OCH3 is 2. The Hall–Kier alpha value is -3.88. The molecule has 9 nitrogen and oxygen atoms in total. The number of benzene rings is 2. The van der Waals surface area contributed by atoms with Gasteiger partial charge in [0.1, 0.15) is 11.5 Å². The van der Waals surface area contributed by atoms with Gasteiger partial charge in [0, 0.05) is 23.7 Å². The van der Waals surface area contributed by atoms with Crippen LogP contribution in [0, 0.1) is 0 Å². The van der Waals surface area contributed by atoms with Crippen LogP contribution >= 0.6 is 0 Å². The Morgan fingerprint density at radius 3 is 2.45 bits per heavy atom. The first kappa shape index (κ1) is 20.4. The number of rotatable bonds is 7. The van der Waals surface area contributed by atoms with Crippen molar-refractivity contribution in [2.75, 3.05) is 14.2 Å². The van der Waals surface area contributed by atoms with E-state index in [1.165, 1.54) is 4.57 Å². The summed E-state index contributed by atoms with van der Waals surface area (Å²) in [6, 6.07) is 10.3. The maximum atomic E-state index is 12.7. The number of H-pyrrole nitrogens is 1. The number of hydrogen-bond acceptors (Lipinski definition) is 7. The molecular weight excluding hydrogens is 400 g/mol. The van der Waals surface area contributed by atoms with Gasteiger partial charge in [-0.25, -0.2) is 4.79 Å². The van der Waals surface area contributed by atoms with Crippen LogP contribution < -0.4 is 20.7 Å². The summed E-state index contributed by atoms with van der Waals surface area (Å²) in [6.07, 6.45) is 1.65. The highest BCUT2D eigenvalue weighted by Crippen LogP contribution is 2.30. The highest BCUT2D eigenvalue weighted by molar-refractivity contribution is 5.82. The standard InChI is InChI=1S/C22H22N4O5/c1-4-5-8-26-21(27)17-7-6-13(11-18(17)23-22(26)28)20-24-19(25-31-20)14-9-15(29-2)12-16(10-14)30-3/h6-7,9-12H,4-5,8H2,1-3H3,(H,23,28). The fraction of sp³-hybridized carbons (Fsp3) is 0.273. The van der Waals surface area contributed by atoms with Gasteiger partial charge in [0.25, 0.3) is 11.4 Å². The van der Waals surface area contributed by atoms with Gasteiger partial charge >= 0.3 is 5.69 Å². The van der Waals surface area contributed by atoms with E-state index in [1.54, 1.807) is 50.6 Å². The van der Waals surface area contributed by atoms with Crippen molar-refractivity contribution >= 4 is 10.9 Å². The van der Waals surface area contributed by atoms with Crippen LogP contribution in [0.25, 0.3) is 33.7 Å². The lowest BCUT2D eigenvalue weighted by molar-refractivity contribution is 0.394. The molecule has 0 aliphatic rings. The van der Waals surface area contributed by atoms with E-state index in [1.807, 2.05) is 6.92 Å². The molecule has 4 rings (SSSR count). The fourth-order valence-electron chi connectivity index (χ4n) is 3.30. The average molecular weight is 422 g/mol. The summed E-state index contributed by atoms with van der Waals surface area (Å²) in [5.74, 6) is 1.82. The maximum absolute atomic E-state index is 12.7. The normalized spacial score (nSPS) is 11.1. The van der Waals surface area contributed by atoms with Crippen molar-refractivity contribution in [1.29, 1.82) is 0 Å². The Labute approximate surface area is 177 Å². The molecule has 31 heavy (non-hydrogen) atoms. The van der Waals surface area contributed by atoms with Gasteiger partial charge in [-0.05, 0) is 36.8 Å². The van der Waals surface area contributed by atoms with Crippen LogP contribution in [0.15, 0.2) is 50.5 Å². The third kappa shape index (κ3) is 3.94. The van der Waals surface area contributed by atoms with E-state index in [9.17, 15) is 9.59 Å². The molecule has 2 heterocycles. The van der Waals surface area contributed by atoms with Crippen molar-refractivity contribution < 1.29 is 14.0 Å². The van der Waals surface area contributed by atoms with Gasteiger partial charge < -0.3 is 19.0 Å². The SMILES string of the molecule is CCCCn1c(=O)[nH]c2cc(-c3nc(-c4cc(OC)cc(OC)c4)no3)ccc2c1=O. The summed E-state index contributed by atoms with van der Waals surface area (Å²) in [4.78, 5) is 32.2. The summed E-state index contributed by atoms with van der Waals surface area (Å²) in [5, 5.41) is 4.47. The van der Waals surface area contributed by atoms with E-state index in [0.29, 0.717) is 45.9 Å². The summed E-state index contributed by atoms with van der Waals surface area (Å²) in [5.41, 5.74) is 0.927. The van der Waals surface area contributed by atoms with Crippen LogP contribution in [0.4, 0.5) is 0 Å². The summed E-state index contributed by atoms with van der Waals surface area (Å²) in [6.45, 7) is 2.40. The molecule has 2 aromatic carbocycles. The average Bonchev–Trinajstić information content (AvgIpc) is 3.28. The van der Waals surface area contributed by atoms with Crippen LogP contribution in [-0.4, -0.2) is 33.9 Å². The Morgan fingerprint density at radius 2 is 1.77 bits per heavy atom. The molecule has 0 atom stereocenters. The van der Waals surface area contributed by atoms with E-state index in [2.05, 4.69) is 15.1 Å². The number of aromatic amines is 1. The molecule has 2 aromatic heterocycles. The maximum Gasteiger partial charge on any atom is 0.328 e. The number of nitrogens with one attached hydrogen (secondary N) is 1. The second-order valence-electron chi connectivity index (χ2n) is 7.03. The number of ether oxygens (including phenoxy) is 2. The first-order chi connectivity index (χ1) is 15.0. The van der Waals surface area contributed by atoms with E-state index in [4.69, 9.17) is 14.0 Å². The lowest BCUT2D eigenvalue weighted by Gasteiger charge is -2.06. The minimum absolute atomic E-state index is 0.259. The molecule has 0 unspecified atom stereocenters. The summed E-state index contributed by atoms with van der Waals surface area (Å²) >= 11 is 0. The van der Waals surface area contributed by atoms with Gasteiger partial charge in [0.05, 0.1) is 25.1 Å². The highest BCUT2D eigenvalue weighted by Gasteiger charge is 2.15. The molecule has 0 amide bonds. The molecule has 0 fully saturated rings. The van der Waals surface area contributed by atoms with Crippen molar-refractivity contribution in [3.63, 3.8) is 0 Å². The number of fused-ring (bicyclic) bond motifs is 1. The molecule has 9 heteroatoms. The van der Waals surface area contributed by atoms with Crippen LogP contribution in [0.2, 0.25) is 0 Å². The van der Waals surface area contributed by atoms with Gasteiger partial charge in [0.2, 0.25) is 5.82 Å². The predicted molar refractivity (Wildman–Crippen MR) is 116 cm³/mol. The summed E-state index contributed by atoms with van der Waals surface area (Å²) in [7, 11) is 3.12. The molecule has 4 aromatic rings. The van der Waals surface area contributed by atoms with Crippen molar-refractivity contribution in [3.05, 3.63) is 57.2 Å². The zero-order valence-corrected chi connectivity index (χ0v) is 17.5. The lowest BCUT2D eigenvalue weighted by Crippen LogP contribution is -2.35. The topological polar surface area (TPSA) is 112 Å². The predicted octanol–water partition coefficient (Wildman–Crippen LogP) is 3.22. The van der Waals surface area contributed by atoms with Crippen LogP contribution in [0.3, 0.4) is 0 Å². The molecule has 0 saturated carbocycles. The van der Waals surface area contributed by atoms with Gasteiger partial charge in [-0.2, -0.15) is 4.98 Å². The highest BCUT2D eigenvalue weighted by atomic mass is 16.5. The molecular formula is C22H22N4O5. The third-order valence-electron chi connectivity index (χ3n) is 5.00. The molecule has 0 bridgehead atoms. The fourth-order valence-corrected chi connectivity index (χ4v) is 3.30. The Morgan fingerprint density at radius 1 is 1.03 bits per heavy atom. The first-order valence-corrected chi connectivity index (χ1v) is 9.88. The third-order valence-corrected chi connectivity index (χ3v) is 5.00. The summed E-state index contributed by atoms with van der Waals surface area (Å²) < 4.78 is 17.2. The second kappa shape index (κ2) is 8.47. The molecule has 0 spiro atoms. The van der Waals surface area contributed by atoms with E-state index in [0.717, 1.165) is 12.8 Å². The molecule has 0 aliphatic heterocycles. The zero-order valence-electron chi connectivity index (χ0n) is 17.5. The van der Waals surface area contributed by atoms with Gasteiger partial charge in [0.15, 0.2) is 0 Å². The largest absolute Gasteiger partial charge is 0.497 e. The zero-order chi connectivity index (χ0) is 22.0. The second-order valence-corrected chi connectivity index (χ2v) is 7.03.